The van der Waals surface area contributed by atoms with Gasteiger partial charge in [-0.2, -0.15) is 4.98 Å². The second-order valence-electron chi connectivity index (χ2n) is 6.26. The van der Waals surface area contributed by atoms with Crippen LogP contribution < -0.4 is 16.6 Å². The van der Waals surface area contributed by atoms with Crippen LogP contribution in [0.5, 0.6) is 0 Å². The first kappa shape index (κ1) is 21.3. The number of hydrogen-bond donors (Lipinski definition) is 6. The van der Waals surface area contributed by atoms with Crippen molar-refractivity contribution in [3.63, 3.8) is 0 Å². The van der Waals surface area contributed by atoms with Gasteiger partial charge in [-0.15, -0.1) is 0 Å². The topological polar surface area (TPSA) is 214 Å². The van der Waals surface area contributed by atoms with Crippen molar-refractivity contribution in [3.05, 3.63) is 35.1 Å². The van der Waals surface area contributed by atoms with E-state index in [2.05, 4.69) is 30.2 Å². The molecule has 7 N–H and O–H groups in total. The summed E-state index contributed by atoms with van der Waals surface area (Å²) in [6.45, 7) is 0.966. The molecule has 0 spiro atoms. The van der Waals surface area contributed by atoms with Gasteiger partial charge in [-0.25, -0.2) is 15.0 Å². The zero-order valence-electron chi connectivity index (χ0n) is 15.7. The average molecular weight is 420 g/mol. The number of rotatable bonds is 3. The van der Waals surface area contributed by atoms with E-state index >= 15 is 0 Å². The third kappa shape index (κ3) is 4.41. The Morgan fingerprint density at radius 2 is 2.00 bits per heavy atom. The predicted octanol–water partition coefficient (Wildman–Crippen LogP) is -2.25. The van der Waals surface area contributed by atoms with E-state index in [0.717, 1.165) is 0 Å². The van der Waals surface area contributed by atoms with Gasteiger partial charge >= 0.3 is 0 Å². The summed E-state index contributed by atoms with van der Waals surface area (Å²) in [5, 5.41) is 31.2. The van der Waals surface area contributed by atoms with E-state index in [1.165, 1.54) is 17.8 Å². The van der Waals surface area contributed by atoms with Gasteiger partial charge in [0.1, 0.15) is 18.3 Å². The number of carbonyl (C=O) groups is 1. The molecule has 0 unspecified atom stereocenters. The van der Waals surface area contributed by atoms with Gasteiger partial charge in [0.2, 0.25) is 17.8 Å². The summed E-state index contributed by atoms with van der Waals surface area (Å²) in [6, 6.07) is 1.69. The molecular formula is C16H20N8O6. The van der Waals surface area contributed by atoms with Crippen LogP contribution in [0.4, 0.5) is 11.9 Å². The van der Waals surface area contributed by atoms with E-state index in [-0.39, 0.29) is 23.0 Å². The van der Waals surface area contributed by atoms with E-state index in [4.69, 9.17) is 15.6 Å². The SMILES string of the molecule is CC(=O)Nc1ncccn1.Nc1nc2c(ncn2[C@@H]2O[C@H](CO)[C@@H](O)[C@H]2O)c(=O)[nH]1. The number of hydrogen-bond acceptors (Lipinski definition) is 11. The molecule has 1 aliphatic heterocycles. The van der Waals surface area contributed by atoms with Crippen molar-refractivity contribution in [1.29, 1.82) is 0 Å². The minimum atomic E-state index is -1.29. The average Bonchev–Trinajstić information content (AvgIpc) is 3.24. The number of nitrogens with one attached hydrogen (secondary N) is 2. The molecule has 1 aliphatic rings. The van der Waals surface area contributed by atoms with E-state index < -0.39 is 36.7 Å². The molecule has 160 valence electrons. The number of nitrogens with two attached hydrogens (primary N) is 1. The number of ether oxygens (including phenoxy) is 1. The van der Waals surface area contributed by atoms with E-state index in [1.807, 2.05) is 0 Å². The van der Waals surface area contributed by atoms with E-state index in [9.17, 15) is 19.8 Å². The molecule has 0 aliphatic carbocycles. The molecule has 14 nitrogen and oxygen atoms in total. The number of aromatic nitrogens is 6. The molecule has 3 aromatic rings. The number of nitrogen functional groups attached to an aromatic ring is 1. The Morgan fingerprint density at radius 3 is 2.60 bits per heavy atom. The van der Waals surface area contributed by atoms with Crippen molar-refractivity contribution >= 4 is 29.0 Å². The second-order valence-corrected chi connectivity index (χ2v) is 6.26. The van der Waals surface area contributed by atoms with Crippen LogP contribution in [0, 0.1) is 0 Å². The van der Waals surface area contributed by atoms with Crippen molar-refractivity contribution in [2.75, 3.05) is 17.7 Å². The summed E-state index contributed by atoms with van der Waals surface area (Å²) in [4.78, 5) is 39.7. The lowest BCUT2D eigenvalue weighted by Gasteiger charge is -2.16. The number of anilines is 2. The van der Waals surface area contributed by atoms with Gasteiger partial charge < -0.3 is 25.8 Å². The van der Waals surface area contributed by atoms with Crippen molar-refractivity contribution in [3.8, 4) is 0 Å². The Balaban J connectivity index is 0.000000216. The van der Waals surface area contributed by atoms with Crippen LogP contribution >= 0.6 is 0 Å². The summed E-state index contributed by atoms with van der Waals surface area (Å²) in [6.07, 6.45) is -0.0789. The van der Waals surface area contributed by atoms with Crippen LogP contribution in [-0.2, 0) is 9.53 Å². The molecule has 0 aromatic carbocycles. The lowest BCUT2D eigenvalue weighted by molar-refractivity contribution is -0.114. The van der Waals surface area contributed by atoms with Gasteiger partial charge in [0.05, 0.1) is 12.9 Å². The number of aliphatic hydroxyl groups is 3. The summed E-state index contributed by atoms with van der Waals surface area (Å²) < 4.78 is 6.64. The normalized spacial score (nSPS) is 23.1. The highest BCUT2D eigenvalue weighted by Crippen LogP contribution is 2.30. The van der Waals surface area contributed by atoms with E-state index in [0.29, 0.717) is 5.95 Å². The molecule has 4 atom stereocenters. The molecule has 1 fully saturated rings. The largest absolute Gasteiger partial charge is 0.394 e. The quantitative estimate of drug-likeness (QED) is 0.266. The number of imidazole rings is 1. The Kier molecular flexibility index (Phi) is 6.31. The maximum Gasteiger partial charge on any atom is 0.280 e. The van der Waals surface area contributed by atoms with Crippen LogP contribution in [0.1, 0.15) is 13.2 Å². The number of nitrogens with zero attached hydrogens (tertiary/aromatic N) is 5. The van der Waals surface area contributed by atoms with Crippen molar-refractivity contribution < 1.29 is 24.9 Å². The van der Waals surface area contributed by atoms with Gasteiger partial charge in [-0.05, 0) is 6.07 Å². The van der Waals surface area contributed by atoms with Gasteiger partial charge in [0.15, 0.2) is 17.4 Å². The predicted molar refractivity (Wildman–Crippen MR) is 102 cm³/mol. The summed E-state index contributed by atoms with van der Waals surface area (Å²) in [7, 11) is 0. The molecule has 1 saturated heterocycles. The van der Waals surface area contributed by atoms with Crippen molar-refractivity contribution in [2.45, 2.75) is 31.5 Å². The standard InChI is InChI=1S/C10H13N5O5.C6H7N3O/c11-10-13-7-4(8(19)14-10)12-2-15(7)9-6(18)5(17)3(1-16)20-9;1-5(10)9-6-7-3-2-4-8-6/h2-3,5-6,9,16-18H,1H2,(H3,11,13,14,19);2-4H,1H3,(H,7,8,9,10)/t3-,5-,6-,9-;/m1./s1. The third-order valence-electron chi connectivity index (χ3n) is 4.10. The number of fused-ring (bicyclic) bond motifs is 1. The monoisotopic (exact) mass is 420 g/mol. The summed E-state index contributed by atoms with van der Waals surface area (Å²) >= 11 is 0. The Labute approximate surface area is 168 Å². The molecule has 30 heavy (non-hydrogen) atoms. The van der Waals surface area contributed by atoms with Crippen LogP contribution in [0.3, 0.4) is 0 Å². The molecule has 0 radical (unpaired) electrons. The minimum absolute atomic E-state index is 0.0388. The zero-order valence-corrected chi connectivity index (χ0v) is 15.7. The lowest BCUT2D eigenvalue weighted by Crippen LogP contribution is -2.33. The lowest BCUT2D eigenvalue weighted by atomic mass is 10.1. The minimum Gasteiger partial charge on any atom is -0.394 e. The van der Waals surface area contributed by atoms with Crippen molar-refractivity contribution in [1.82, 2.24) is 29.5 Å². The smallest absolute Gasteiger partial charge is 0.280 e. The van der Waals surface area contributed by atoms with Crippen LogP contribution in [0.25, 0.3) is 11.2 Å². The highest BCUT2D eigenvalue weighted by Gasteiger charge is 2.44. The fourth-order valence-electron chi connectivity index (χ4n) is 2.76. The molecule has 0 saturated carbocycles. The summed E-state index contributed by atoms with van der Waals surface area (Å²) in [5.74, 6) is 0.0807. The van der Waals surface area contributed by atoms with Crippen LogP contribution in [0.2, 0.25) is 0 Å². The zero-order chi connectivity index (χ0) is 21.8. The van der Waals surface area contributed by atoms with Gasteiger partial charge in [0.25, 0.3) is 5.56 Å². The first-order valence-electron chi connectivity index (χ1n) is 8.71. The Morgan fingerprint density at radius 1 is 1.30 bits per heavy atom. The number of amides is 1. The fraction of sp³-hybridized carbons (Fsp3) is 0.375. The molecule has 4 rings (SSSR count). The number of aromatic amines is 1. The maximum absolute atomic E-state index is 11.7. The molecule has 14 heteroatoms. The number of aliphatic hydroxyl groups excluding tert-OH is 3. The number of carbonyl (C=O) groups excluding carboxylic acids is 1. The highest BCUT2D eigenvalue weighted by molar-refractivity contribution is 5.86. The first-order valence-corrected chi connectivity index (χ1v) is 8.71. The molecule has 0 bridgehead atoms. The van der Waals surface area contributed by atoms with Gasteiger partial charge in [-0.1, -0.05) is 0 Å². The van der Waals surface area contributed by atoms with Gasteiger partial charge in [0, 0.05) is 19.3 Å². The van der Waals surface area contributed by atoms with Crippen LogP contribution in [0.15, 0.2) is 29.6 Å². The highest BCUT2D eigenvalue weighted by atomic mass is 16.6. The Bertz CT molecular complexity index is 1070. The summed E-state index contributed by atoms with van der Waals surface area (Å²) in [5.41, 5.74) is 5.12. The molecule has 1 amide bonds. The fourth-order valence-corrected chi connectivity index (χ4v) is 2.76. The Hall–Kier alpha value is -3.46. The second kappa shape index (κ2) is 8.91. The molecular weight excluding hydrogens is 400 g/mol. The van der Waals surface area contributed by atoms with E-state index in [1.54, 1.807) is 18.5 Å². The van der Waals surface area contributed by atoms with Gasteiger partial charge in [-0.3, -0.25) is 24.5 Å². The van der Waals surface area contributed by atoms with Crippen LogP contribution in [-0.4, -0.2) is 75.6 Å². The third-order valence-corrected chi connectivity index (χ3v) is 4.10. The number of H-pyrrole nitrogens is 1. The first-order chi connectivity index (χ1) is 14.3. The van der Waals surface area contributed by atoms with Crippen molar-refractivity contribution in [2.24, 2.45) is 0 Å². The molecule has 4 heterocycles. The molecule has 3 aromatic heterocycles. The maximum atomic E-state index is 11.7.